The molecule has 0 atom stereocenters. The summed E-state index contributed by atoms with van der Waals surface area (Å²) in [5.41, 5.74) is 9.70. The minimum Gasteiger partial charge on any atom is -0.399 e. The van der Waals surface area contributed by atoms with Crippen molar-refractivity contribution in [3.05, 3.63) is 54.1 Å². The van der Waals surface area contributed by atoms with Crippen molar-refractivity contribution in [3.8, 4) is 0 Å². The molecule has 0 spiro atoms. The molecule has 24 heavy (non-hydrogen) atoms. The van der Waals surface area contributed by atoms with Crippen LogP contribution in [0.1, 0.15) is 18.4 Å². The molecule has 1 fully saturated rings. The lowest BCUT2D eigenvalue weighted by Gasteiger charge is -2.38. The van der Waals surface area contributed by atoms with E-state index in [9.17, 15) is 4.79 Å². The number of rotatable bonds is 4. The number of amides is 1. The van der Waals surface area contributed by atoms with Crippen LogP contribution >= 0.6 is 0 Å². The SMILES string of the molecule is Nc1ccc(CC(=O)N2CCN(CC3CC3)c3ccccc32)cc1. The van der Waals surface area contributed by atoms with E-state index in [2.05, 4.69) is 23.1 Å². The van der Waals surface area contributed by atoms with Crippen LogP contribution in [0.25, 0.3) is 0 Å². The fourth-order valence-corrected chi connectivity index (χ4v) is 3.39. The molecule has 1 aliphatic heterocycles. The smallest absolute Gasteiger partial charge is 0.231 e. The van der Waals surface area contributed by atoms with Crippen molar-refractivity contribution >= 4 is 23.0 Å². The van der Waals surface area contributed by atoms with Crippen molar-refractivity contribution in [1.82, 2.24) is 0 Å². The van der Waals surface area contributed by atoms with Gasteiger partial charge in [0.25, 0.3) is 0 Å². The number of anilines is 3. The van der Waals surface area contributed by atoms with Crippen molar-refractivity contribution in [2.24, 2.45) is 5.92 Å². The second-order valence-electron chi connectivity index (χ2n) is 6.84. The summed E-state index contributed by atoms with van der Waals surface area (Å²) >= 11 is 0. The third kappa shape index (κ3) is 3.09. The molecule has 0 radical (unpaired) electrons. The van der Waals surface area contributed by atoms with Crippen LogP contribution in [0.5, 0.6) is 0 Å². The van der Waals surface area contributed by atoms with Crippen molar-refractivity contribution < 1.29 is 4.79 Å². The summed E-state index contributed by atoms with van der Waals surface area (Å²) in [7, 11) is 0. The van der Waals surface area contributed by atoms with Gasteiger partial charge in [-0.1, -0.05) is 24.3 Å². The Morgan fingerprint density at radius 1 is 1.00 bits per heavy atom. The van der Waals surface area contributed by atoms with Gasteiger partial charge in [0.1, 0.15) is 0 Å². The van der Waals surface area contributed by atoms with Gasteiger partial charge in [-0.3, -0.25) is 4.79 Å². The fraction of sp³-hybridized carbons (Fsp3) is 0.350. The van der Waals surface area contributed by atoms with E-state index in [0.717, 1.165) is 42.5 Å². The summed E-state index contributed by atoms with van der Waals surface area (Å²) < 4.78 is 0. The maximum absolute atomic E-state index is 12.8. The molecule has 1 saturated carbocycles. The first-order valence-electron chi connectivity index (χ1n) is 8.69. The number of hydrogen-bond donors (Lipinski definition) is 1. The number of para-hydroxylation sites is 2. The quantitative estimate of drug-likeness (QED) is 0.881. The largest absolute Gasteiger partial charge is 0.399 e. The van der Waals surface area contributed by atoms with E-state index in [1.165, 1.54) is 18.5 Å². The molecule has 4 heteroatoms. The number of nitrogens with zero attached hydrogens (tertiary/aromatic N) is 2. The van der Waals surface area contributed by atoms with Crippen molar-refractivity contribution in [2.75, 3.05) is 35.2 Å². The predicted octanol–water partition coefficient (Wildman–Crippen LogP) is 3.07. The lowest BCUT2D eigenvalue weighted by Crippen LogP contribution is -2.45. The number of hydrogen-bond acceptors (Lipinski definition) is 3. The number of carbonyl (C=O) groups excluding carboxylic acids is 1. The van der Waals surface area contributed by atoms with E-state index in [1.807, 2.05) is 35.2 Å². The maximum Gasteiger partial charge on any atom is 0.231 e. The van der Waals surface area contributed by atoms with Crippen LogP contribution < -0.4 is 15.5 Å². The molecule has 0 unspecified atom stereocenters. The summed E-state index contributed by atoms with van der Waals surface area (Å²) in [6.07, 6.45) is 3.11. The van der Waals surface area contributed by atoms with Gasteiger partial charge in [0.2, 0.25) is 5.91 Å². The molecular formula is C20H23N3O. The highest BCUT2D eigenvalue weighted by Crippen LogP contribution is 2.37. The highest BCUT2D eigenvalue weighted by molar-refractivity contribution is 5.99. The van der Waals surface area contributed by atoms with Gasteiger partial charge in [-0.05, 0) is 48.6 Å². The second kappa shape index (κ2) is 6.19. The first-order valence-corrected chi connectivity index (χ1v) is 8.69. The van der Waals surface area contributed by atoms with Gasteiger partial charge in [-0.25, -0.2) is 0 Å². The van der Waals surface area contributed by atoms with Crippen LogP contribution in [-0.2, 0) is 11.2 Å². The molecule has 0 aromatic heterocycles. The van der Waals surface area contributed by atoms with Gasteiger partial charge >= 0.3 is 0 Å². The number of nitrogens with two attached hydrogens (primary N) is 1. The molecule has 4 rings (SSSR count). The van der Waals surface area contributed by atoms with Crippen LogP contribution in [0.2, 0.25) is 0 Å². The van der Waals surface area contributed by atoms with E-state index >= 15 is 0 Å². The van der Waals surface area contributed by atoms with E-state index in [4.69, 9.17) is 5.73 Å². The number of carbonyl (C=O) groups is 1. The Kier molecular flexibility index (Phi) is 3.89. The molecule has 1 amide bonds. The van der Waals surface area contributed by atoms with Crippen LogP contribution in [0.15, 0.2) is 48.5 Å². The lowest BCUT2D eigenvalue weighted by molar-refractivity contribution is -0.118. The Morgan fingerprint density at radius 2 is 1.71 bits per heavy atom. The monoisotopic (exact) mass is 321 g/mol. The number of nitrogen functional groups attached to an aromatic ring is 1. The number of fused-ring (bicyclic) bond motifs is 1. The molecule has 2 aliphatic rings. The zero-order chi connectivity index (χ0) is 16.5. The average Bonchev–Trinajstić information content (AvgIpc) is 3.41. The van der Waals surface area contributed by atoms with E-state index in [0.29, 0.717) is 6.42 Å². The third-order valence-corrected chi connectivity index (χ3v) is 4.92. The van der Waals surface area contributed by atoms with Gasteiger partial charge < -0.3 is 15.5 Å². The third-order valence-electron chi connectivity index (χ3n) is 4.92. The molecule has 1 heterocycles. The van der Waals surface area contributed by atoms with E-state index in [-0.39, 0.29) is 5.91 Å². The minimum absolute atomic E-state index is 0.151. The Labute approximate surface area is 142 Å². The molecule has 1 aliphatic carbocycles. The number of benzene rings is 2. The zero-order valence-electron chi connectivity index (χ0n) is 13.8. The topological polar surface area (TPSA) is 49.6 Å². The van der Waals surface area contributed by atoms with Crippen LogP contribution in [-0.4, -0.2) is 25.5 Å². The maximum atomic E-state index is 12.8. The molecule has 2 aromatic rings. The molecule has 0 saturated heterocycles. The first-order chi connectivity index (χ1) is 11.7. The average molecular weight is 321 g/mol. The van der Waals surface area contributed by atoms with E-state index in [1.54, 1.807) is 0 Å². The standard InChI is InChI=1S/C20H23N3O/c21-17-9-7-15(8-10-17)13-20(24)23-12-11-22(14-16-5-6-16)18-3-1-2-4-19(18)23/h1-4,7-10,16H,5-6,11-14,21H2. The summed E-state index contributed by atoms with van der Waals surface area (Å²) in [5, 5.41) is 0. The fourth-order valence-electron chi connectivity index (χ4n) is 3.39. The van der Waals surface area contributed by atoms with Crippen molar-refractivity contribution in [1.29, 1.82) is 0 Å². The van der Waals surface area contributed by atoms with Crippen LogP contribution in [0, 0.1) is 5.92 Å². The van der Waals surface area contributed by atoms with Crippen LogP contribution in [0.3, 0.4) is 0 Å². The summed E-state index contributed by atoms with van der Waals surface area (Å²) in [6, 6.07) is 15.9. The Hall–Kier alpha value is -2.49. The zero-order valence-corrected chi connectivity index (χ0v) is 13.8. The second-order valence-corrected chi connectivity index (χ2v) is 6.84. The van der Waals surface area contributed by atoms with Crippen LogP contribution in [0.4, 0.5) is 17.1 Å². The van der Waals surface area contributed by atoms with Gasteiger partial charge in [-0.15, -0.1) is 0 Å². The molecular weight excluding hydrogens is 298 g/mol. The summed E-state index contributed by atoms with van der Waals surface area (Å²) in [5.74, 6) is 0.994. The molecule has 124 valence electrons. The Morgan fingerprint density at radius 3 is 2.42 bits per heavy atom. The van der Waals surface area contributed by atoms with Gasteiger partial charge in [0.15, 0.2) is 0 Å². The van der Waals surface area contributed by atoms with Gasteiger partial charge in [-0.2, -0.15) is 0 Å². The Balaban J connectivity index is 1.54. The van der Waals surface area contributed by atoms with Crippen molar-refractivity contribution in [3.63, 3.8) is 0 Å². The van der Waals surface area contributed by atoms with Crippen molar-refractivity contribution in [2.45, 2.75) is 19.3 Å². The Bertz CT molecular complexity index is 737. The molecule has 2 aromatic carbocycles. The predicted molar refractivity (Wildman–Crippen MR) is 98.3 cm³/mol. The minimum atomic E-state index is 0.151. The highest BCUT2D eigenvalue weighted by atomic mass is 16.2. The molecule has 4 nitrogen and oxygen atoms in total. The van der Waals surface area contributed by atoms with E-state index < -0.39 is 0 Å². The lowest BCUT2D eigenvalue weighted by atomic mass is 10.1. The van der Waals surface area contributed by atoms with Gasteiger partial charge in [0, 0.05) is 25.3 Å². The molecule has 2 N–H and O–H groups in total. The summed E-state index contributed by atoms with van der Waals surface area (Å²) in [4.78, 5) is 17.2. The summed E-state index contributed by atoms with van der Waals surface area (Å²) in [6.45, 7) is 2.80. The normalized spacial score (nSPS) is 16.8. The first kappa shape index (κ1) is 15.1. The highest BCUT2D eigenvalue weighted by Gasteiger charge is 2.30. The molecule has 0 bridgehead atoms. The van der Waals surface area contributed by atoms with Gasteiger partial charge in [0.05, 0.1) is 17.8 Å².